The van der Waals surface area contributed by atoms with Crippen LogP contribution in [0.1, 0.15) is 44.6 Å². The lowest BCUT2D eigenvalue weighted by molar-refractivity contribution is 0.441. The lowest BCUT2D eigenvalue weighted by Gasteiger charge is -2.23. The van der Waals surface area contributed by atoms with E-state index in [0.29, 0.717) is 12.0 Å². The normalized spacial score (nSPS) is 14.9. The van der Waals surface area contributed by atoms with E-state index in [9.17, 15) is 0 Å². The molecule has 2 unspecified atom stereocenters. The number of hydrogen-bond donors (Lipinski definition) is 1. The molecule has 1 aromatic rings. The molecule has 2 atom stereocenters. The fourth-order valence-electron chi connectivity index (χ4n) is 2.06. The van der Waals surface area contributed by atoms with Crippen LogP contribution in [0.4, 0.5) is 0 Å². The topological polar surface area (TPSA) is 12.0 Å². The van der Waals surface area contributed by atoms with Gasteiger partial charge in [0.2, 0.25) is 0 Å². The molecule has 1 heteroatoms. The molecule has 15 heavy (non-hydrogen) atoms. The molecule has 0 radical (unpaired) electrons. The van der Waals surface area contributed by atoms with E-state index in [2.05, 4.69) is 56.5 Å². The Balaban J connectivity index is 2.60. The van der Waals surface area contributed by atoms with Gasteiger partial charge in [0.25, 0.3) is 0 Å². The molecule has 1 aromatic carbocycles. The van der Waals surface area contributed by atoms with E-state index in [1.54, 1.807) is 0 Å². The van der Waals surface area contributed by atoms with Crippen LogP contribution in [0.15, 0.2) is 30.3 Å². The molecular formula is C14H23N. The van der Waals surface area contributed by atoms with Gasteiger partial charge >= 0.3 is 0 Å². The van der Waals surface area contributed by atoms with Gasteiger partial charge in [-0.05, 0) is 24.9 Å². The van der Waals surface area contributed by atoms with E-state index in [0.717, 1.165) is 0 Å². The predicted octanol–water partition coefficient (Wildman–Crippen LogP) is 3.57. The Morgan fingerprint density at radius 1 is 1.20 bits per heavy atom. The fraction of sp³-hybridized carbons (Fsp3) is 0.571. The van der Waals surface area contributed by atoms with Crippen molar-refractivity contribution in [2.45, 2.75) is 45.1 Å². The number of unbranched alkanes of at least 4 members (excludes halogenated alkanes) is 1. The first-order valence-electron chi connectivity index (χ1n) is 6.01. The molecule has 0 saturated heterocycles. The summed E-state index contributed by atoms with van der Waals surface area (Å²) in [5.74, 6) is 0.600. The molecule has 0 aromatic heterocycles. The average Bonchev–Trinajstić information content (AvgIpc) is 2.31. The molecule has 0 aliphatic rings. The molecule has 1 rings (SSSR count). The van der Waals surface area contributed by atoms with Gasteiger partial charge in [0.05, 0.1) is 0 Å². The van der Waals surface area contributed by atoms with E-state index < -0.39 is 0 Å². The van der Waals surface area contributed by atoms with Crippen molar-refractivity contribution in [2.24, 2.45) is 0 Å². The predicted molar refractivity (Wildman–Crippen MR) is 67.2 cm³/mol. The lowest BCUT2D eigenvalue weighted by atomic mass is 9.90. The van der Waals surface area contributed by atoms with Crippen molar-refractivity contribution in [2.75, 3.05) is 7.05 Å². The molecule has 0 aliphatic carbocycles. The van der Waals surface area contributed by atoms with Gasteiger partial charge in [-0.3, -0.25) is 0 Å². The monoisotopic (exact) mass is 205 g/mol. The number of hydrogen-bond acceptors (Lipinski definition) is 1. The molecule has 0 saturated carbocycles. The summed E-state index contributed by atoms with van der Waals surface area (Å²) in [6.45, 7) is 4.56. The van der Waals surface area contributed by atoms with Crippen molar-refractivity contribution in [1.29, 1.82) is 0 Å². The first-order chi connectivity index (χ1) is 7.29. The summed E-state index contributed by atoms with van der Waals surface area (Å²) in [6.07, 6.45) is 3.85. The van der Waals surface area contributed by atoms with Crippen molar-refractivity contribution < 1.29 is 0 Å². The molecule has 0 bridgehead atoms. The summed E-state index contributed by atoms with van der Waals surface area (Å²) >= 11 is 0. The van der Waals surface area contributed by atoms with Crippen LogP contribution in [-0.2, 0) is 0 Å². The van der Waals surface area contributed by atoms with Crippen LogP contribution < -0.4 is 5.32 Å². The van der Waals surface area contributed by atoms with Crippen LogP contribution in [0.2, 0.25) is 0 Å². The highest BCUT2D eigenvalue weighted by Crippen LogP contribution is 2.21. The molecule has 84 valence electrons. The average molecular weight is 205 g/mol. The molecule has 0 fully saturated rings. The summed E-state index contributed by atoms with van der Waals surface area (Å²) in [4.78, 5) is 0. The molecule has 1 nitrogen and oxygen atoms in total. The maximum atomic E-state index is 3.44. The van der Waals surface area contributed by atoms with Gasteiger partial charge in [0.15, 0.2) is 0 Å². The van der Waals surface area contributed by atoms with Crippen molar-refractivity contribution >= 4 is 0 Å². The van der Waals surface area contributed by atoms with Crippen LogP contribution in [-0.4, -0.2) is 13.1 Å². The van der Waals surface area contributed by atoms with Gasteiger partial charge in [0, 0.05) is 6.04 Å². The zero-order chi connectivity index (χ0) is 11.1. The van der Waals surface area contributed by atoms with Crippen molar-refractivity contribution in [3.63, 3.8) is 0 Å². The van der Waals surface area contributed by atoms with Gasteiger partial charge in [-0.2, -0.15) is 0 Å². The Morgan fingerprint density at radius 3 is 2.40 bits per heavy atom. The zero-order valence-corrected chi connectivity index (χ0v) is 10.2. The number of benzene rings is 1. The quantitative estimate of drug-likeness (QED) is 0.748. The van der Waals surface area contributed by atoms with Gasteiger partial charge in [-0.25, -0.2) is 0 Å². The highest BCUT2D eigenvalue weighted by atomic mass is 14.9. The summed E-state index contributed by atoms with van der Waals surface area (Å²) in [7, 11) is 2.07. The zero-order valence-electron chi connectivity index (χ0n) is 10.2. The van der Waals surface area contributed by atoms with E-state index in [-0.39, 0.29) is 0 Å². The van der Waals surface area contributed by atoms with E-state index in [1.165, 1.54) is 24.8 Å². The Kier molecular flexibility index (Phi) is 5.41. The Morgan fingerprint density at radius 2 is 1.87 bits per heavy atom. The van der Waals surface area contributed by atoms with Crippen molar-refractivity contribution in [3.05, 3.63) is 35.9 Å². The molecule has 0 aliphatic heterocycles. The van der Waals surface area contributed by atoms with E-state index >= 15 is 0 Å². The largest absolute Gasteiger partial charge is 0.316 e. The maximum absolute atomic E-state index is 3.44. The standard InChI is InChI=1S/C14H23N/c1-4-5-11-14(15-3)12(2)13-9-7-6-8-10-13/h6-10,12,14-15H,4-5,11H2,1-3H3. The molecule has 0 amide bonds. The van der Waals surface area contributed by atoms with Crippen molar-refractivity contribution in [1.82, 2.24) is 5.32 Å². The maximum Gasteiger partial charge on any atom is 0.0130 e. The second kappa shape index (κ2) is 6.62. The van der Waals surface area contributed by atoms with E-state index in [1.807, 2.05) is 0 Å². The molecule has 0 heterocycles. The van der Waals surface area contributed by atoms with Gasteiger partial charge in [0.1, 0.15) is 0 Å². The highest BCUT2D eigenvalue weighted by Gasteiger charge is 2.15. The highest BCUT2D eigenvalue weighted by molar-refractivity contribution is 5.20. The van der Waals surface area contributed by atoms with Gasteiger partial charge in [-0.1, -0.05) is 57.0 Å². The van der Waals surface area contributed by atoms with Crippen LogP contribution >= 0.6 is 0 Å². The first kappa shape index (κ1) is 12.3. The first-order valence-corrected chi connectivity index (χ1v) is 6.01. The van der Waals surface area contributed by atoms with Gasteiger partial charge < -0.3 is 5.32 Å². The third-order valence-corrected chi connectivity index (χ3v) is 3.17. The number of likely N-dealkylation sites (N-methyl/N-ethyl adjacent to an activating group) is 1. The Hall–Kier alpha value is -0.820. The summed E-state index contributed by atoms with van der Waals surface area (Å²) in [5, 5.41) is 3.44. The van der Waals surface area contributed by atoms with Gasteiger partial charge in [-0.15, -0.1) is 0 Å². The lowest BCUT2D eigenvalue weighted by Crippen LogP contribution is -2.30. The SMILES string of the molecule is CCCCC(NC)C(C)c1ccccc1. The molecule has 1 N–H and O–H groups in total. The van der Waals surface area contributed by atoms with E-state index in [4.69, 9.17) is 0 Å². The van der Waals surface area contributed by atoms with Crippen LogP contribution in [0.5, 0.6) is 0 Å². The minimum atomic E-state index is 0.600. The number of nitrogens with one attached hydrogen (secondary N) is 1. The fourth-order valence-corrected chi connectivity index (χ4v) is 2.06. The Bertz CT molecular complexity index is 255. The minimum Gasteiger partial charge on any atom is -0.316 e. The molecular weight excluding hydrogens is 182 g/mol. The number of rotatable bonds is 6. The second-order valence-electron chi connectivity index (χ2n) is 4.24. The smallest absolute Gasteiger partial charge is 0.0130 e. The third kappa shape index (κ3) is 3.67. The summed E-state index contributed by atoms with van der Waals surface area (Å²) < 4.78 is 0. The summed E-state index contributed by atoms with van der Waals surface area (Å²) in [5.41, 5.74) is 1.44. The molecule has 0 spiro atoms. The van der Waals surface area contributed by atoms with Crippen LogP contribution in [0.25, 0.3) is 0 Å². The second-order valence-corrected chi connectivity index (χ2v) is 4.24. The summed E-state index contributed by atoms with van der Waals surface area (Å²) in [6, 6.07) is 11.4. The third-order valence-electron chi connectivity index (χ3n) is 3.17. The van der Waals surface area contributed by atoms with Crippen molar-refractivity contribution in [3.8, 4) is 0 Å². The Labute approximate surface area is 93.9 Å². The van der Waals surface area contributed by atoms with Crippen LogP contribution in [0, 0.1) is 0 Å². The van der Waals surface area contributed by atoms with Crippen LogP contribution in [0.3, 0.4) is 0 Å². The minimum absolute atomic E-state index is 0.600.